The molecule has 2 N–H and O–H groups in total. The second-order valence-electron chi connectivity index (χ2n) is 9.05. The summed E-state index contributed by atoms with van der Waals surface area (Å²) in [6.07, 6.45) is 0. The Kier molecular flexibility index (Phi) is 8.96. The number of benzene rings is 3. The van der Waals surface area contributed by atoms with E-state index in [0.29, 0.717) is 24.2 Å². The monoisotopic (exact) mass is 458 g/mol. The van der Waals surface area contributed by atoms with Gasteiger partial charge in [0.05, 0.1) is 0 Å². The topological polar surface area (TPSA) is 64.7 Å². The lowest BCUT2D eigenvalue weighted by atomic mass is 10.1. The van der Waals surface area contributed by atoms with E-state index >= 15 is 0 Å². The number of carbonyl (C=O) groups is 2. The summed E-state index contributed by atoms with van der Waals surface area (Å²) >= 11 is 0. The molecule has 178 valence electrons. The van der Waals surface area contributed by atoms with Crippen molar-refractivity contribution in [3.63, 3.8) is 0 Å². The van der Waals surface area contributed by atoms with Gasteiger partial charge in [-0.05, 0) is 74.7 Å². The summed E-state index contributed by atoms with van der Waals surface area (Å²) in [5, 5.41) is 5.87. The first kappa shape index (κ1) is 25.1. The lowest BCUT2D eigenvalue weighted by molar-refractivity contribution is 0.0939. The minimum atomic E-state index is -0.165. The van der Waals surface area contributed by atoms with E-state index in [1.807, 2.05) is 52.5 Å². The Morgan fingerprint density at radius 3 is 1.12 bits per heavy atom. The fourth-order valence-corrected chi connectivity index (χ4v) is 3.60. The number of hydrogen-bond acceptors (Lipinski definition) is 4. The molecule has 2 amide bonds. The Balaban J connectivity index is 1.47. The van der Waals surface area contributed by atoms with Gasteiger partial charge in [0.1, 0.15) is 0 Å². The molecule has 0 bridgehead atoms. The van der Waals surface area contributed by atoms with Gasteiger partial charge in [0.15, 0.2) is 0 Å². The van der Waals surface area contributed by atoms with Crippen LogP contribution in [-0.2, 0) is 26.2 Å². The molecule has 6 heteroatoms. The van der Waals surface area contributed by atoms with E-state index in [4.69, 9.17) is 0 Å². The molecule has 0 aliphatic carbocycles. The van der Waals surface area contributed by atoms with E-state index in [9.17, 15) is 9.59 Å². The van der Waals surface area contributed by atoms with Gasteiger partial charge >= 0.3 is 0 Å². The average molecular weight is 459 g/mol. The van der Waals surface area contributed by atoms with E-state index in [1.54, 1.807) is 24.3 Å². The smallest absolute Gasteiger partial charge is 0.251 e. The summed E-state index contributed by atoms with van der Waals surface area (Å²) in [5.41, 5.74) is 5.60. The highest BCUT2D eigenvalue weighted by Gasteiger charge is 2.09. The molecule has 0 atom stereocenters. The van der Waals surface area contributed by atoms with Crippen LogP contribution in [-0.4, -0.2) is 49.8 Å². The van der Waals surface area contributed by atoms with Crippen LogP contribution >= 0.6 is 0 Å². The minimum Gasteiger partial charge on any atom is -0.348 e. The molecule has 0 radical (unpaired) electrons. The third-order valence-corrected chi connectivity index (χ3v) is 5.36. The van der Waals surface area contributed by atoms with Gasteiger partial charge in [-0.2, -0.15) is 0 Å². The molecule has 0 heterocycles. The van der Waals surface area contributed by atoms with Crippen molar-refractivity contribution in [2.45, 2.75) is 26.2 Å². The first-order chi connectivity index (χ1) is 16.3. The molecule has 0 saturated heterocycles. The summed E-state index contributed by atoms with van der Waals surface area (Å²) in [4.78, 5) is 29.2. The highest BCUT2D eigenvalue weighted by molar-refractivity contribution is 5.97. The van der Waals surface area contributed by atoms with Gasteiger partial charge in [0.2, 0.25) is 0 Å². The Morgan fingerprint density at radius 1 is 0.529 bits per heavy atom. The first-order valence-electron chi connectivity index (χ1n) is 11.4. The zero-order valence-electron chi connectivity index (χ0n) is 20.5. The summed E-state index contributed by atoms with van der Waals surface area (Å²) in [5.74, 6) is -0.329. The summed E-state index contributed by atoms with van der Waals surface area (Å²) in [6.45, 7) is 2.68. The second kappa shape index (κ2) is 12.1. The van der Waals surface area contributed by atoms with Crippen molar-refractivity contribution >= 4 is 11.8 Å². The third kappa shape index (κ3) is 7.83. The van der Waals surface area contributed by atoms with Crippen LogP contribution in [0.15, 0.2) is 72.8 Å². The lowest BCUT2D eigenvalue weighted by Crippen LogP contribution is -2.24. The summed E-state index contributed by atoms with van der Waals surface area (Å²) < 4.78 is 0. The fourth-order valence-electron chi connectivity index (χ4n) is 3.60. The molecule has 3 rings (SSSR count). The lowest BCUT2D eigenvalue weighted by Gasteiger charge is -2.11. The Morgan fingerprint density at radius 2 is 0.824 bits per heavy atom. The Labute approximate surface area is 202 Å². The van der Waals surface area contributed by atoms with Crippen LogP contribution in [0.1, 0.15) is 43.0 Å². The van der Waals surface area contributed by atoms with Crippen molar-refractivity contribution in [2.75, 3.05) is 28.2 Å². The predicted octanol–water partition coefficient (Wildman–Crippen LogP) is 3.67. The van der Waals surface area contributed by atoms with Gasteiger partial charge in [-0.25, -0.2) is 0 Å². The third-order valence-electron chi connectivity index (χ3n) is 5.36. The number of amides is 2. The molecule has 0 saturated carbocycles. The van der Waals surface area contributed by atoms with Gasteiger partial charge in [0, 0.05) is 37.3 Å². The maximum Gasteiger partial charge on any atom is 0.251 e. The molecule has 3 aromatic carbocycles. The summed E-state index contributed by atoms with van der Waals surface area (Å²) in [6, 6.07) is 23.2. The van der Waals surface area contributed by atoms with Crippen LogP contribution in [0.25, 0.3) is 0 Å². The number of nitrogens with one attached hydrogen (secondary N) is 2. The number of hydrogen-bond donors (Lipinski definition) is 2. The van der Waals surface area contributed by atoms with Crippen molar-refractivity contribution in [3.8, 4) is 0 Å². The molecular formula is C28H34N4O2. The van der Waals surface area contributed by atoms with Gasteiger partial charge < -0.3 is 20.4 Å². The normalized spacial score (nSPS) is 11.0. The number of carbonyl (C=O) groups excluding carboxylic acids is 2. The molecule has 3 aromatic rings. The first-order valence-corrected chi connectivity index (χ1v) is 11.4. The molecular weight excluding hydrogens is 424 g/mol. The number of nitrogens with zero attached hydrogens (tertiary/aromatic N) is 2. The van der Waals surface area contributed by atoms with E-state index in [2.05, 4.69) is 44.7 Å². The second-order valence-corrected chi connectivity index (χ2v) is 9.05. The average Bonchev–Trinajstić information content (AvgIpc) is 2.82. The largest absolute Gasteiger partial charge is 0.348 e. The van der Waals surface area contributed by atoms with Crippen molar-refractivity contribution in [1.82, 2.24) is 20.4 Å². The maximum atomic E-state index is 12.5. The zero-order valence-corrected chi connectivity index (χ0v) is 20.5. The van der Waals surface area contributed by atoms with E-state index in [1.165, 1.54) is 11.1 Å². The van der Waals surface area contributed by atoms with Crippen molar-refractivity contribution in [1.29, 1.82) is 0 Å². The van der Waals surface area contributed by atoms with E-state index < -0.39 is 0 Å². The molecule has 0 aromatic heterocycles. The number of rotatable bonds is 10. The van der Waals surface area contributed by atoms with Crippen LogP contribution in [0.3, 0.4) is 0 Å². The van der Waals surface area contributed by atoms with Crippen LogP contribution < -0.4 is 10.6 Å². The molecule has 6 nitrogen and oxygen atoms in total. The van der Waals surface area contributed by atoms with E-state index in [0.717, 1.165) is 24.2 Å². The molecule has 0 unspecified atom stereocenters. The highest BCUT2D eigenvalue weighted by Crippen LogP contribution is 2.09. The van der Waals surface area contributed by atoms with Gasteiger partial charge in [-0.3, -0.25) is 9.59 Å². The van der Waals surface area contributed by atoms with Gasteiger partial charge in [0.25, 0.3) is 11.8 Å². The van der Waals surface area contributed by atoms with Crippen LogP contribution in [0, 0.1) is 0 Å². The zero-order chi connectivity index (χ0) is 24.5. The maximum absolute atomic E-state index is 12.5. The Hall–Kier alpha value is -3.48. The van der Waals surface area contributed by atoms with Crippen molar-refractivity contribution in [3.05, 3.63) is 106 Å². The molecule has 0 aliphatic rings. The highest BCUT2D eigenvalue weighted by atomic mass is 16.2. The molecule has 0 aliphatic heterocycles. The molecule has 34 heavy (non-hydrogen) atoms. The molecule has 0 fully saturated rings. The van der Waals surface area contributed by atoms with Crippen LogP contribution in [0.4, 0.5) is 0 Å². The SMILES string of the molecule is CN(C)Cc1ccc(CNC(=O)c2ccc(C(=O)NCc3ccc(CN(C)C)cc3)cc2)cc1. The fraction of sp³-hybridized carbons (Fsp3) is 0.286. The van der Waals surface area contributed by atoms with Gasteiger partial charge in [-0.1, -0.05) is 48.5 Å². The van der Waals surface area contributed by atoms with Crippen molar-refractivity contribution < 1.29 is 9.59 Å². The standard InChI is InChI=1S/C28H34N4O2/c1-31(2)19-23-9-5-21(6-10-23)17-29-27(33)25-13-15-26(16-14-25)28(34)30-18-22-7-11-24(12-8-22)20-32(3)4/h5-16H,17-20H2,1-4H3,(H,29,33)(H,30,34). The Bertz CT molecular complexity index is 984. The van der Waals surface area contributed by atoms with E-state index in [-0.39, 0.29) is 11.8 Å². The molecule has 0 spiro atoms. The van der Waals surface area contributed by atoms with Gasteiger partial charge in [-0.15, -0.1) is 0 Å². The predicted molar refractivity (Wildman–Crippen MR) is 136 cm³/mol. The van der Waals surface area contributed by atoms with Crippen molar-refractivity contribution in [2.24, 2.45) is 0 Å². The van der Waals surface area contributed by atoms with Crippen LogP contribution in [0.2, 0.25) is 0 Å². The quantitative estimate of drug-likeness (QED) is 0.487. The summed E-state index contributed by atoms with van der Waals surface area (Å²) in [7, 11) is 8.14. The van der Waals surface area contributed by atoms with Crippen LogP contribution in [0.5, 0.6) is 0 Å². The minimum absolute atomic E-state index is 0.165.